The van der Waals surface area contributed by atoms with Crippen LogP contribution in [0, 0.1) is 0 Å². The summed E-state index contributed by atoms with van der Waals surface area (Å²) in [6.07, 6.45) is 3.59. The molecule has 0 bridgehead atoms. The SMILES string of the molecule is CCNC(=NCCN1CCN(c2ncccn2)CC1)N1CCN(C(C)=O)CC1. The molecule has 1 aromatic rings. The predicted octanol–water partition coefficient (Wildman–Crippen LogP) is -0.272. The van der Waals surface area contributed by atoms with Gasteiger partial charge in [0.05, 0.1) is 6.54 Å². The Kier molecular flexibility index (Phi) is 7.41. The van der Waals surface area contributed by atoms with Crippen molar-refractivity contribution >= 4 is 17.8 Å². The number of nitrogens with one attached hydrogen (secondary N) is 1. The van der Waals surface area contributed by atoms with Crippen molar-refractivity contribution in [2.24, 2.45) is 4.99 Å². The number of aromatic nitrogens is 2. The van der Waals surface area contributed by atoms with E-state index in [1.165, 1.54) is 0 Å². The first-order valence-corrected chi connectivity index (χ1v) is 10.2. The van der Waals surface area contributed by atoms with Gasteiger partial charge < -0.3 is 20.0 Å². The Morgan fingerprint density at radius 2 is 1.68 bits per heavy atom. The zero-order chi connectivity index (χ0) is 19.8. The maximum absolute atomic E-state index is 11.5. The highest BCUT2D eigenvalue weighted by Gasteiger charge is 2.21. The number of piperazine rings is 2. The molecule has 9 heteroatoms. The van der Waals surface area contributed by atoms with Gasteiger partial charge in [0, 0.05) is 84.8 Å². The van der Waals surface area contributed by atoms with Gasteiger partial charge in [-0.2, -0.15) is 0 Å². The summed E-state index contributed by atoms with van der Waals surface area (Å²) in [4.78, 5) is 33.8. The molecular formula is C19H32N8O. The number of guanidine groups is 1. The summed E-state index contributed by atoms with van der Waals surface area (Å²) in [5.41, 5.74) is 0. The molecule has 3 heterocycles. The molecule has 0 aliphatic carbocycles. The van der Waals surface area contributed by atoms with Gasteiger partial charge in [0.1, 0.15) is 0 Å². The van der Waals surface area contributed by atoms with Gasteiger partial charge in [0.15, 0.2) is 5.96 Å². The second-order valence-electron chi connectivity index (χ2n) is 7.11. The first-order valence-electron chi connectivity index (χ1n) is 10.2. The average Bonchev–Trinajstić information content (AvgIpc) is 2.74. The second kappa shape index (κ2) is 10.2. The van der Waals surface area contributed by atoms with Crippen molar-refractivity contribution in [3.05, 3.63) is 18.5 Å². The summed E-state index contributed by atoms with van der Waals surface area (Å²) in [6.45, 7) is 13.4. The van der Waals surface area contributed by atoms with Crippen molar-refractivity contribution in [1.29, 1.82) is 0 Å². The van der Waals surface area contributed by atoms with Crippen LogP contribution in [-0.2, 0) is 4.79 Å². The molecule has 9 nitrogen and oxygen atoms in total. The number of rotatable bonds is 5. The molecule has 1 amide bonds. The minimum absolute atomic E-state index is 0.154. The number of nitrogens with zero attached hydrogens (tertiary/aromatic N) is 7. The molecule has 2 aliphatic heterocycles. The number of hydrogen-bond donors (Lipinski definition) is 1. The minimum atomic E-state index is 0.154. The molecule has 2 saturated heterocycles. The highest BCUT2D eigenvalue weighted by molar-refractivity contribution is 5.80. The number of amides is 1. The van der Waals surface area contributed by atoms with Gasteiger partial charge in [0.25, 0.3) is 0 Å². The van der Waals surface area contributed by atoms with E-state index >= 15 is 0 Å². The van der Waals surface area contributed by atoms with E-state index in [0.717, 1.165) is 83.9 Å². The Morgan fingerprint density at radius 1 is 1.04 bits per heavy atom. The molecular weight excluding hydrogens is 356 g/mol. The zero-order valence-electron chi connectivity index (χ0n) is 17.0. The Labute approximate surface area is 167 Å². The zero-order valence-corrected chi connectivity index (χ0v) is 17.0. The van der Waals surface area contributed by atoms with E-state index in [0.29, 0.717) is 0 Å². The molecule has 0 aromatic carbocycles. The lowest BCUT2D eigenvalue weighted by molar-refractivity contribution is -0.130. The Morgan fingerprint density at radius 3 is 2.29 bits per heavy atom. The smallest absolute Gasteiger partial charge is 0.225 e. The summed E-state index contributed by atoms with van der Waals surface area (Å²) in [5.74, 6) is 1.93. The molecule has 2 fully saturated rings. The number of aliphatic imine (C=N–C) groups is 1. The third kappa shape index (κ3) is 5.54. The monoisotopic (exact) mass is 388 g/mol. The van der Waals surface area contributed by atoms with E-state index in [2.05, 4.69) is 36.9 Å². The number of anilines is 1. The van der Waals surface area contributed by atoms with Gasteiger partial charge in [-0.3, -0.25) is 14.7 Å². The summed E-state index contributed by atoms with van der Waals surface area (Å²) in [5, 5.41) is 3.39. The first-order chi connectivity index (χ1) is 13.7. The molecule has 28 heavy (non-hydrogen) atoms. The van der Waals surface area contributed by atoms with Gasteiger partial charge >= 0.3 is 0 Å². The van der Waals surface area contributed by atoms with E-state index in [4.69, 9.17) is 4.99 Å². The van der Waals surface area contributed by atoms with Crippen LogP contribution < -0.4 is 10.2 Å². The van der Waals surface area contributed by atoms with E-state index in [-0.39, 0.29) is 5.91 Å². The summed E-state index contributed by atoms with van der Waals surface area (Å²) in [7, 11) is 0. The Bertz CT molecular complexity index is 637. The number of carbonyl (C=O) groups excluding carboxylic acids is 1. The van der Waals surface area contributed by atoms with Crippen LogP contribution in [0.2, 0.25) is 0 Å². The quantitative estimate of drug-likeness (QED) is 0.549. The molecule has 0 atom stereocenters. The minimum Gasteiger partial charge on any atom is -0.357 e. The fourth-order valence-electron chi connectivity index (χ4n) is 3.58. The van der Waals surface area contributed by atoms with Crippen LogP contribution in [0.4, 0.5) is 5.95 Å². The van der Waals surface area contributed by atoms with Crippen LogP contribution >= 0.6 is 0 Å². The number of carbonyl (C=O) groups is 1. The third-order valence-electron chi connectivity index (χ3n) is 5.24. The normalized spacial score (nSPS) is 19.1. The lowest BCUT2D eigenvalue weighted by Crippen LogP contribution is -2.53. The fourth-order valence-corrected chi connectivity index (χ4v) is 3.58. The molecule has 0 unspecified atom stereocenters. The molecule has 3 rings (SSSR count). The molecule has 0 saturated carbocycles. The van der Waals surface area contributed by atoms with E-state index in [1.807, 2.05) is 11.0 Å². The summed E-state index contributed by atoms with van der Waals surface area (Å²) in [6, 6.07) is 1.85. The van der Waals surface area contributed by atoms with Crippen LogP contribution in [0.1, 0.15) is 13.8 Å². The van der Waals surface area contributed by atoms with Gasteiger partial charge in [-0.15, -0.1) is 0 Å². The maximum Gasteiger partial charge on any atom is 0.225 e. The van der Waals surface area contributed by atoms with E-state index in [1.54, 1.807) is 19.3 Å². The van der Waals surface area contributed by atoms with Crippen molar-refractivity contribution in [3.63, 3.8) is 0 Å². The molecule has 1 aromatic heterocycles. The molecule has 2 aliphatic rings. The predicted molar refractivity (Wildman–Crippen MR) is 110 cm³/mol. The average molecular weight is 389 g/mol. The Balaban J connectivity index is 1.44. The largest absolute Gasteiger partial charge is 0.357 e. The van der Waals surface area contributed by atoms with E-state index < -0.39 is 0 Å². The first kappa shape index (κ1) is 20.3. The summed E-state index contributed by atoms with van der Waals surface area (Å²) >= 11 is 0. The van der Waals surface area contributed by atoms with Gasteiger partial charge in [-0.05, 0) is 13.0 Å². The Hall–Kier alpha value is -2.42. The van der Waals surface area contributed by atoms with Gasteiger partial charge in [-0.1, -0.05) is 0 Å². The lowest BCUT2D eigenvalue weighted by atomic mass is 10.3. The van der Waals surface area contributed by atoms with Crippen molar-refractivity contribution in [3.8, 4) is 0 Å². The molecule has 0 radical (unpaired) electrons. The maximum atomic E-state index is 11.5. The van der Waals surface area contributed by atoms with Gasteiger partial charge in [-0.25, -0.2) is 9.97 Å². The molecule has 0 spiro atoms. The van der Waals surface area contributed by atoms with Crippen LogP contribution in [0.25, 0.3) is 0 Å². The van der Waals surface area contributed by atoms with Crippen LogP contribution in [-0.4, -0.2) is 109 Å². The van der Waals surface area contributed by atoms with Crippen LogP contribution in [0.3, 0.4) is 0 Å². The standard InChI is InChI=1S/C19H32N8O/c1-3-20-18(27-15-13-25(14-16-27)17(2)28)23-7-8-24-9-11-26(12-10-24)19-21-5-4-6-22-19/h4-6H,3,7-16H2,1-2H3,(H,20,23). The van der Waals surface area contributed by atoms with Crippen molar-refractivity contribution < 1.29 is 4.79 Å². The van der Waals surface area contributed by atoms with Crippen LogP contribution in [0.15, 0.2) is 23.5 Å². The molecule has 154 valence electrons. The van der Waals surface area contributed by atoms with Crippen molar-refractivity contribution in [2.45, 2.75) is 13.8 Å². The second-order valence-corrected chi connectivity index (χ2v) is 7.11. The van der Waals surface area contributed by atoms with Gasteiger partial charge in [0.2, 0.25) is 11.9 Å². The highest BCUT2D eigenvalue weighted by atomic mass is 16.2. The topological polar surface area (TPSA) is 80.2 Å². The van der Waals surface area contributed by atoms with E-state index in [9.17, 15) is 4.79 Å². The van der Waals surface area contributed by atoms with Crippen molar-refractivity contribution in [2.75, 3.05) is 76.9 Å². The highest BCUT2D eigenvalue weighted by Crippen LogP contribution is 2.09. The summed E-state index contributed by atoms with van der Waals surface area (Å²) < 4.78 is 0. The van der Waals surface area contributed by atoms with Crippen molar-refractivity contribution in [1.82, 2.24) is 30.0 Å². The van der Waals surface area contributed by atoms with Crippen LogP contribution in [0.5, 0.6) is 0 Å². The lowest BCUT2D eigenvalue weighted by Gasteiger charge is -2.36. The fraction of sp³-hybridized carbons (Fsp3) is 0.684. The third-order valence-corrected chi connectivity index (χ3v) is 5.24. The molecule has 1 N–H and O–H groups in total. The number of hydrogen-bond acceptors (Lipinski definition) is 6.